The number of aryl methyl sites for hydroxylation is 1. The third-order valence-corrected chi connectivity index (χ3v) is 5.50. The summed E-state index contributed by atoms with van der Waals surface area (Å²) in [4.78, 5) is 15.2. The molecule has 2 atom stereocenters. The van der Waals surface area contributed by atoms with Crippen molar-refractivity contribution in [3.8, 4) is 0 Å². The molecule has 2 aromatic heterocycles. The summed E-state index contributed by atoms with van der Waals surface area (Å²) >= 11 is 0. The van der Waals surface area contributed by atoms with Crippen molar-refractivity contribution in [2.45, 2.75) is 53.0 Å². The highest BCUT2D eigenvalue weighted by Crippen LogP contribution is 2.52. The highest BCUT2D eigenvalue weighted by atomic mass is 16.2. The molecule has 2 bridgehead atoms. The van der Waals surface area contributed by atoms with Gasteiger partial charge in [-0.05, 0) is 49.1 Å². The minimum atomic E-state index is 0.138. The molecule has 1 aliphatic heterocycles. The molecule has 0 radical (unpaired) electrons. The van der Waals surface area contributed by atoms with E-state index in [1.807, 2.05) is 29.7 Å². The maximum atomic E-state index is 13.1. The zero-order chi connectivity index (χ0) is 16.4. The fourth-order valence-corrected chi connectivity index (χ4v) is 5.01. The van der Waals surface area contributed by atoms with E-state index in [4.69, 9.17) is 0 Å². The van der Waals surface area contributed by atoms with Gasteiger partial charge in [-0.2, -0.15) is 0 Å². The smallest absolute Gasteiger partial charge is 0.254 e. The summed E-state index contributed by atoms with van der Waals surface area (Å²) in [5, 5.41) is 8.20. The van der Waals surface area contributed by atoms with Crippen molar-refractivity contribution < 1.29 is 4.79 Å². The van der Waals surface area contributed by atoms with Crippen LogP contribution in [0.1, 0.15) is 56.2 Å². The Balaban J connectivity index is 1.66. The maximum Gasteiger partial charge on any atom is 0.254 e. The van der Waals surface area contributed by atoms with Crippen molar-refractivity contribution in [1.29, 1.82) is 0 Å². The van der Waals surface area contributed by atoms with E-state index in [9.17, 15) is 4.79 Å². The first-order valence-corrected chi connectivity index (χ1v) is 8.39. The Hall–Kier alpha value is -1.91. The third-order valence-electron chi connectivity index (χ3n) is 5.50. The molecule has 2 aliphatic rings. The monoisotopic (exact) mass is 312 g/mol. The topological polar surface area (TPSA) is 50.5 Å². The number of likely N-dealkylation sites (tertiary alicyclic amines) is 1. The molecule has 0 N–H and O–H groups in total. The first-order chi connectivity index (χ1) is 10.8. The van der Waals surface area contributed by atoms with Crippen LogP contribution in [0, 0.1) is 17.8 Å². The number of carbonyl (C=O) groups is 1. The Morgan fingerprint density at radius 1 is 1.26 bits per heavy atom. The number of aromatic nitrogens is 3. The van der Waals surface area contributed by atoms with E-state index in [1.165, 1.54) is 6.42 Å². The summed E-state index contributed by atoms with van der Waals surface area (Å²) in [7, 11) is 0. The van der Waals surface area contributed by atoms with Crippen molar-refractivity contribution in [2.24, 2.45) is 10.8 Å². The molecule has 0 spiro atoms. The molecule has 4 rings (SSSR count). The Morgan fingerprint density at radius 3 is 2.83 bits per heavy atom. The number of hydrogen-bond acceptors (Lipinski definition) is 3. The van der Waals surface area contributed by atoms with Gasteiger partial charge in [0.2, 0.25) is 0 Å². The van der Waals surface area contributed by atoms with Crippen LogP contribution in [-0.4, -0.2) is 38.0 Å². The lowest BCUT2D eigenvalue weighted by Gasteiger charge is -2.39. The first-order valence-electron chi connectivity index (χ1n) is 8.39. The molecule has 2 aromatic rings. The van der Waals surface area contributed by atoms with Crippen LogP contribution in [0.25, 0.3) is 5.65 Å². The molecule has 0 aromatic carbocycles. The number of nitrogens with zero attached hydrogens (tertiary/aromatic N) is 4. The van der Waals surface area contributed by atoms with Gasteiger partial charge in [0.25, 0.3) is 5.91 Å². The lowest BCUT2D eigenvalue weighted by Crippen LogP contribution is -2.37. The van der Waals surface area contributed by atoms with E-state index >= 15 is 0 Å². The van der Waals surface area contributed by atoms with Crippen LogP contribution in [0.15, 0.2) is 18.3 Å². The van der Waals surface area contributed by atoms with Crippen LogP contribution in [0.4, 0.5) is 0 Å². The van der Waals surface area contributed by atoms with Crippen molar-refractivity contribution in [3.63, 3.8) is 0 Å². The fraction of sp³-hybridized carbons (Fsp3) is 0.611. The number of fused-ring (bicyclic) bond motifs is 3. The van der Waals surface area contributed by atoms with E-state index in [0.717, 1.165) is 36.4 Å². The van der Waals surface area contributed by atoms with Crippen LogP contribution in [-0.2, 0) is 0 Å². The lowest BCUT2D eigenvalue weighted by atomic mass is 9.65. The van der Waals surface area contributed by atoms with Gasteiger partial charge in [-0.3, -0.25) is 9.20 Å². The third kappa shape index (κ3) is 2.33. The van der Waals surface area contributed by atoms with Gasteiger partial charge in [-0.25, -0.2) is 0 Å². The van der Waals surface area contributed by atoms with Crippen LogP contribution < -0.4 is 0 Å². The molecule has 2 unspecified atom stereocenters. The van der Waals surface area contributed by atoms with Crippen molar-refractivity contribution in [1.82, 2.24) is 19.5 Å². The Bertz CT molecular complexity index is 793. The van der Waals surface area contributed by atoms with Crippen LogP contribution in [0.3, 0.4) is 0 Å². The molecule has 5 nitrogen and oxygen atoms in total. The summed E-state index contributed by atoms with van der Waals surface area (Å²) in [6.45, 7) is 9.77. The van der Waals surface area contributed by atoms with E-state index in [0.29, 0.717) is 11.5 Å². The number of carbonyl (C=O) groups excluding carboxylic acids is 1. The van der Waals surface area contributed by atoms with E-state index in [-0.39, 0.29) is 11.3 Å². The van der Waals surface area contributed by atoms with Crippen LogP contribution in [0.5, 0.6) is 0 Å². The first kappa shape index (κ1) is 14.7. The SMILES string of the molecule is Cc1nnc2cc(C(=O)N3CC4(C)CC3CC(C)(C)C4)ccn12. The normalized spacial score (nSPS) is 29.2. The van der Waals surface area contributed by atoms with Gasteiger partial charge in [0.15, 0.2) is 5.65 Å². The molecular weight excluding hydrogens is 288 g/mol. The highest BCUT2D eigenvalue weighted by Gasteiger charge is 2.51. The zero-order valence-corrected chi connectivity index (χ0v) is 14.3. The zero-order valence-electron chi connectivity index (χ0n) is 14.3. The summed E-state index contributed by atoms with van der Waals surface area (Å²) in [5.74, 6) is 0.977. The second kappa shape index (κ2) is 4.56. The predicted molar refractivity (Wildman–Crippen MR) is 88.3 cm³/mol. The van der Waals surface area contributed by atoms with E-state index in [1.54, 1.807) is 0 Å². The summed E-state index contributed by atoms with van der Waals surface area (Å²) in [6, 6.07) is 4.12. The van der Waals surface area contributed by atoms with Gasteiger partial charge >= 0.3 is 0 Å². The average Bonchev–Trinajstić information content (AvgIpc) is 2.94. The highest BCUT2D eigenvalue weighted by molar-refractivity contribution is 5.95. The summed E-state index contributed by atoms with van der Waals surface area (Å²) in [6.07, 6.45) is 5.32. The van der Waals surface area contributed by atoms with Gasteiger partial charge < -0.3 is 4.90 Å². The van der Waals surface area contributed by atoms with Crippen LogP contribution in [0.2, 0.25) is 0 Å². The fourth-order valence-electron chi connectivity index (χ4n) is 5.01. The molecule has 1 saturated carbocycles. The maximum absolute atomic E-state index is 13.1. The minimum Gasteiger partial charge on any atom is -0.335 e. The quantitative estimate of drug-likeness (QED) is 0.813. The Labute approximate surface area is 136 Å². The Kier molecular flexibility index (Phi) is 2.91. The van der Waals surface area contributed by atoms with E-state index in [2.05, 4.69) is 35.9 Å². The molecular formula is C18H24N4O. The molecule has 2 fully saturated rings. The standard InChI is InChI=1S/C18H24N4O/c1-12-19-20-15-7-13(5-6-21(12)15)16(23)22-11-18(4)9-14(22)8-17(2,3)10-18/h5-7,14H,8-11H2,1-4H3. The Morgan fingerprint density at radius 2 is 2.04 bits per heavy atom. The van der Waals surface area contributed by atoms with Gasteiger partial charge in [-0.1, -0.05) is 20.8 Å². The van der Waals surface area contributed by atoms with Gasteiger partial charge in [0, 0.05) is 24.3 Å². The number of pyridine rings is 1. The van der Waals surface area contributed by atoms with Gasteiger partial charge in [0.1, 0.15) is 5.82 Å². The van der Waals surface area contributed by atoms with Gasteiger partial charge in [0.05, 0.1) is 0 Å². The summed E-state index contributed by atoms with van der Waals surface area (Å²) < 4.78 is 1.91. The molecule has 23 heavy (non-hydrogen) atoms. The lowest BCUT2D eigenvalue weighted by molar-refractivity contribution is 0.0708. The summed E-state index contributed by atoms with van der Waals surface area (Å²) in [5.41, 5.74) is 2.04. The number of hydrogen-bond donors (Lipinski definition) is 0. The average molecular weight is 312 g/mol. The largest absolute Gasteiger partial charge is 0.335 e. The minimum absolute atomic E-state index is 0.138. The van der Waals surface area contributed by atoms with Gasteiger partial charge in [-0.15, -0.1) is 10.2 Å². The van der Waals surface area contributed by atoms with E-state index < -0.39 is 0 Å². The van der Waals surface area contributed by atoms with Crippen LogP contribution >= 0.6 is 0 Å². The molecule has 1 aliphatic carbocycles. The molecule has 5 heteroatoms. The molecule has 1 amide bonds. The predicted octanol–water partition coefficient (Wildman–Crippen LogP) is 3.08. The number of rotatable bonds is 1. The van der Waals surface area contributed by atoms with Crippen molar-refractivity contribution >= 4 is 11.6 Å². The number of amides is 1. The molecule has 3 heterocycles. The second-order valence-electron chi connectivity index (χ2n) is 8.54. The van der Waals surface area contributed by atoms with Crippen molar-refractivity contribution in [3.05, 3.63) is 29.7 Å². The van der Waals surface area contributed by atoms with Crippen molar-refractivity contribution in [2.75, 3.05) is 6.54 Å². The molecule has 122 valence electrons. The molecule has 1 saturated heterocycles. The second-order valence-corrected chi connectivity index (χ2v) is 8.54.